The molecule has 0 bridgehead atoms. The fraction of sp³-hybridized carbons (Fsp3) is 0.655. The summed E-state index contributed by atoms with van der Waals surface area (Å²) in [5.41, 5.74) is 0. The van der Waals surface area contributed by atoms with Gasteiger partial charge in [-0.25, -0.2) is 0 Å². The molecule has 2 N–H and O–H groups in total. The van der Waals surface area contributed by atoms with E-state index in [2.05, 4.69) is 19.2 Å². The van der Waals surface area contributed by atoms with Crippen molar-refractivity contribution >= 4 is 11.7 Å². The van der Waals surface area contributed by atoms with Crippen molar-refractivity contribution in [3.8, 4) is 5.75 Å². The van der Waals surface area contributed by atoms with Crippen LogP contribution in [-0.4, -0.2) is 36.1 Å². The van der Waals surface area contributed by atoms with Gasteiger partial charge in [0.15, 0.2) is 5.78 Å². The number of hydrogen-bond acceptors (Lipinski definition) is 4. The Morgan fingerprint density at radius 2 is 1.88 bits per heavy atom. The molecule has 34 heavy (non-hydrogen) atoms. The van der Waals surface area contributed by atoms with Crippen LogP contribution in [0.15, 0.2) is 42.5 Å². The van der Waals surface area contributed by atoms with E-state index in [1.54, 1.807) is 6.08 Å². The highest BCUT2D eigenvalue weighted by molar-refractivity contribution is 5.94. The van der Waals surface area contributed by atoms with Crippen LogP contribution in [0.1, 0.15) is 71.6 Å². The van der Waals surface area contributed by atoms with Gasteiger partial charge in [0, 0.05) is 18.9 Å². The number of carbonyl (C=O) groups is 2. The number of hydrogen-bond donors (Lipinski definition) is 2. The van der Waals surface area contributed by atoms with E-state index in [1.165, 1.54) is 12.8 Å². The highest BCUT2D eigenvalue weighted by Gasteiger charge is 2.34. The van der Waals surface area contributed by atoms with Crippen LogP contribution in [0.2, 0.25) is 0 Å². The lowest BCUT2D eigenvalue weighted by molar-refractivity contribution is -0.121. The number of ether oxygens (including phenoxy) is 1. The van der Waals surface area contributed by atoms with Crippen molar-refractivity contribution in [3.05, 3.63) is 42.5 Å². The van der Waals surface area contributed by atoms with E-state index < -0.39 is 6.10 Å². The average Bonchev–Trinajstić information content (AvgIpc) is 3.58. The number of ketones is 1. The van der Waals surface area contributed by atoms with E-state index >= 15 is 0 Å². The Kier molecular flexibility index (Phi) is 10.6. The molecule has 2 aliphatic rings. The standard InChI is InChI=1S/C29H43NO4/c1-21(9-7-13-29(33)30-19-23-14-15-23)8-6-12-27-26(16-17-28(27)32)22(2)18-24(31)20-34-25-10-4-3-5-11-25/h3-5,10-11,16-17,21-24,26-27,31H,6-9,12-15,18-20H2,1-2H3,(H,30,33). The Hall–Kier alpha value is -2.14. The smallest absolute Gasteiger partial charge is 0.220 e. The molecule has 0 spiro atoms. The van der Waals surface area contributed by atoms with E-state index in [0.29, 0.717) is 18.8 Å². The fourth-order valence-corrected chi connectivity index (χ4v) is 5.05. The molecule has 2 aliphatic carbocycles. The van der Waals surface area contributed by atoms with Crippen molar-refractivity contribution < 1.29 is 19.4 Å². The van der Waals surface area contributed by atoms with Gasteiger partial charge in [0.25, 0.3) is 0 Å². The number of nitrogens with one attached hydrogen (secondary N) is 1. The van der Waals surface area contributed by atoms with E-state index in [0.717, 1.165) is 50.3 Å². The summed E-state index contributed by atoms with van der Waals surface area (Å²) in [6.45, 7) is 5.50. The van der Waals surface area contributed by atoms with Crippen molar-refractivity contribution in [2.45, 2.75) is 77.7 Å². The Balaban J connectivity index is 1.31. The Morgan fingerprint density at radius 3 is 2.62 bits per heavy atom. The molecule has 0 heterocycles. The summed E-state index contributed by atoms with van der Waals surface area (Å²) in [6.07, 6.45) is 12.0. The van der Waals surface area contributed by atoms with Gasteiger partial charge in [0.2, 0.25) is 5.91 Å². The molecule has 1 fully saturated rings. The summed E-state index contributed by atoms with van der Waals surface area (Å²) >= 11 is 0. The van der Waals surface area contributed by atoms with Gasteiger partial charge in [-0.3, -0.25) is 9.59 Å². The van der Waals surface area contributed by atoms with E-state index in [9.17, 15) is 14.7 Å². The minimum absolute atomic E-state index is 0.0256. The summed E-state index contributed by atoms with van der Waals surface area (Å²) in [7, 11) is 0. The molecule has 5 unspecified atom stereocenters. The molecule has 1 amide bonds. The third kappa shape index (κ3) is 9.25. The maximum absolute atomic E-state index is 12.5. The normalized spacial score (nSPS) is 22.4. The topological polar surface area (TPSA) is 75.6 Å². The number of benzene rings is 1. The predicted octanol–water partition coefficient (Wildman–Crippen LogP) is 5.33. The van der Waals surface area contributed by atoms with Gasteiger partial charge in [0.05, 0.1) is 6.10 Å². The maximum Gasteiger partial charge on any atom is 0.220 e. The number of para-hydroxylation sites is 1. The van der Waals surface area contributed by atoms with Crippen LogP contribution in [0.4, 0.5) is 0 Å². The maximum atomic E-state index is 12.5. The Morgan fingerprint density at radius 1 is 1.15 bits per heavy atom. The highest BCUT2D eigenvalue weighted by Crippen LogP contribution is 2.35. The van der Waals surface area contributed by atoms with E-state index in [-0.39, 0.29) is 36.1 Å². The second kappa shape index (κ2) is 13.7. The predicted molar refractivity (Wildman–Crippen MR) is 135 cm³/mol. The zero-order valence-electron chi connectivity index (χ0n) is 21.0. The number of aliphatic hydroxyl groups excluding tert-OH is 1. The number of amides is 1. The zero-order valence-corrected chi connectivity index (χ0v) is 21.0. The third-order valence-electron chi connectivity index (χ3n) is 7.40. The quantitative estimate of drug-likeness (QED) is 0.343. The number of carbonyl (C=O) groups excluding carboxylic acids is 2. The largest absolute Gasteiger partial charge is 0.491 e. The summed E-state index contributed by atoms with van der Waals surface area (Å²) in [4.78, 5) is 24.4. The highest BCUT2D eigenvalue weighted by atomic mass is 16.5. The molecule has 3 rings (SSSR count). The van der Waals surface area contributed by atoms with E-state index in [1.807, 2.05) is 36.4 Å². The first-order valence-electron chi connectivity index (χ1n) is 13.3. The summed E-state index contributed by atoms with van der Waals surface area (Å²) in [5, 5.41) is 13.5. The molecule has 0 saturated heterocycles. The molecular formula is C29H43NO4. The molecule has 1 saturated carbocycles. The van der Waals surface area contributed by atoms with Crippen molar-refractivity contribution in [3.63, 3.8) is 0 Å². The molecule has 0 radical (unpaired) electrons. The molecule has 1 aromatic carbocycles. The zero-order chi connectivity index (χ0) is 24.3. The molecule has 0 aromatic heterocycles. The van der Waals surface area contributed by atoms with Crippen LogP contribution in [0.5, 0.6) is 5.75 Å². The lowest BCUT2D eigenvalue weighted by atomic mass is 9.79. The molecule has 5 nitrogen and oxygen atoms in total. The van der Waals surface area contributed by atoms with Crippen molar-refractivity contribution in [2.24, 2.45) is 29.6 Å². The van der Waals surface area contributed by atoms with Crippen molar-refractivity contribution in [1.29, 1.82) is 0 Å². The Labute approximate surface area is 205 Å². The molecule has 1 aromatic rings. The summed E-state index contributed by atoms with van der Waals surface area (Å²) in [6, 6.07) is 9.53. The second-order valence-electron chi connectivity index (χ2n) is 10.6. The molecule has 188 valence electrons. The minimum Gasteiger partial charge on any atom is -0.491 e. The van der Waals surface area contributed by atoms with Gasteiger partial charge in [0.1, 0.15) is 12.4 Å². The van der Waals surface area contributed by atoms with Crippen molar-refractivity contribution in [1.82, 2.24) is 5.32 Å². The number of aliphatic hydroxyl groups is 1. The molecule has 5 atom stereocenters. The van der Waals surface area contributed by atoms with Gasteiger partial charge in [-0.1, -0.05) is 57.4 Å². The van der Waals surface area contributed by atoms with Crippen LogP contribution in [0.3, 0.4) is 0 Å². The van der Waals surface area contributed by atoms with Crippen LogP contribution < -0.4 is 10.1 Å². The fourth-order valence-electron chi connectivity index (χ4n) is 5.05. The van der Waals surface area contributed by atoms with Crippen LogP contribution in [0.25, 0.3) is 0 Å². The van der Waals surface area contributed by atoms with Crippen molar-refractivity contribution in [2.75, 3.05) is 13.2 Å². The summed E-state index contributed by atoms with van der Waals surface area (Å²) in [5.74, 6) is 2.90. The molecule has 0 aliphatic heterocycles. The van der Waals surface area contributed by atoms with E-state index in [4.69, 9.17) is 4.74 Å². The first kappa shape index (κ1) is 26.5. The van der Waals surface area contributed by atoms with Gasteiger partial charge in [-0.15, -0.1) is 0 Å². The lowest BCUT2D eigenvalue weighted by Crippen LogP contribution is -2.27. The SMILES string of the molecule is CC(CCCC(=O)NCC1CC1)CCCC1C(=O)C=CC1C(C)CC(O)COc1ccccc1. The van der Waals surface area contributed by atoms with Gasteiger partial charge >= 0.3 is 0 Å². The van der Waals surface area contributed by atoms with Gasteiger partial charge < -0.3 is 15.2 Å². The number of allylic oxidation sites excluding steroid dienone is 2. The summed E-state index contributed by atoms with van der Waals surface area (Å²) < 4.78 is 5.68. The van der Waals surface area contributed by atoms with Crippen LogP contribution in [0, 0.1) is 29.6 Å². The second-order valence-corrected chi connectivity index (χ2v) is 10.6. The van der Waals surface area contributed by atoms with Gasteiger partial charge in [-0.05, 0) is 74.0 Å². The van der Waals surface area contributed by atoms with Crippen LogP contribution >= 0.6 is 0 Å². The lowest BCUT2D eigenvalue weighted by Gasteiger charge is -2.26. The monoisotopic (exact) mass is 469 g/mol. The third-order valence-corrected chi connectivity index (χ3v) is 7.40. The molecular weight excluding hydrogens is 426 g/mol. The minimum atomic E-state index is -0.554. The first-order valence-corrected chi connectivity index (χ1v) is 13.3. The van der Waals surface area contributed by atoms with Gasteiger partial charge in [-0.2, -0.15) is 0 Å². The van der Waals surface area contributed by atoms with Crippen LogP contribution in [-0.2, 0) is 9.59 Å². The average molecular weight is 470 g/mol. The Bertz CT molecular complexity index is 789. The number of rotatable bonds is 16. The first-order chi connectivity index (χ1) is 16.4. The molecule has 5 heteroatoms.